The van der Waals surface area contributed by atoms with Crippen molar-refractivity contribution in [1.29, 1.82) is 0 Å². The van der Waals surface area contributed by atoms with E-state index in [0.29, 0.717) is 10.2 Å². The summed E-state index contributed by atoms with van der Waals surface area (Å²) in [7, 11) is -3.47. The summed E-state index contributed by atoms with van der Waals surface area (Å²) < 4.78 is 24.8. The second kappa shape index (κ2) is 3.97. The second-order valence-electron chi connectivity index (χ2n) is 3.40. The van der Waals surface area contributed by atoms with E-state index in [0.717, 1.165) is 17.6 Å². The molecule has 0 saturated carbocycles. The maximum atomic E-state index is 11.2. The number of carbonyl (C=O) groups is 1. The average Bonchev–Trinajstić information content (AvgIpc) is 2.55. The van der Waals surface area contributed by atoms with Crippen LogP contribution >= 0.6 is 11.3 Å². The Labute approximate surface area is 102 Å². The van der Waals surface area contributed by atoms with Crippen molar-refractivity contribution in [2.75, 3.05) is 11.0 Å². The number of hydrogen-bond donors (Lipinski definition) is 2. The van der Waals surface area contributed by atoms with Crippen LogP contribution in [0.3, 0.4) is 0 Å². The van der Waals surface area contributed by atoms with Gasteiger partial charge in [-0.3, -0.25) is 9.52 Å². The van der Waals surface area contributed by atoms with Gasteiger partial charge in [-0.2, -0.15) is 0 Å². The van der Waals surface area contributed by atoms with E-state index < -0.39 is 15.9 Å². The molecule has 8 heteroatoms. The molecular weight excluding hydrogens is 262 g/mol. The Morgan fingerprint density at radius 2 is 2.24 bits per heavy atom. The monoisotopic (exact) mass is 271 g/mol. The number of nitrogens with zero attached hydrogens (tertiary/aromatic N) is 1. The Hall–Kier alpha value is -1.67. The number of anilines is 1. The summed E-state index contributed by atoms with van der Waals surface area (Å²) in [6, 6.07) is 3.34. The summed E-state index contributed by atoms with van der Waals surface area (Å²) >= 11 is 1.06. The molecule has 0 saturated heterocycles. The lowest BCUT2D eigenvalue weighted by Gasteiger charge is -2.03. The van der Waals surface area contributed by atoms with Crippen LogP contribution in [0.15, 0.2) is 18.3 Å². The fraction of sp³-hybridized carbons (Fsp3) is 0.111. The summed E-state index contributed by atoms with van der Waals surface area (Å²) in [4.78, 5) is 16.0. The van der Waals surface area contributed by atoms with Crippen LogP contribution in [0.25, 0.3) is 10.2 Å². The summed E-state index contributed by atoms with van der Waals surface area (Å²) in [6.07, 6.45) is 2.57. The van der Waals surface area contributed by atoms with Gasteiger partial charge in [0, 0.05) is 11.6 Å². The van der Waals surface area contributed by atoms with Gasteiger partial charge in [-0.05, 0) is 12.1 Å². The van der Waals surface area contributed by atoms with Gasteiger partial charge in [0.1, 0.15) is 9.71 Å². The van der Waals surface area contributed by atoms with Gasteiger partial charge < -0.3 is 5.73 Å². The molecule has 2 heterocycles. The number of rotatable bonds is 3. The number of amides is 1. The standard InChI is InChI=1S/C9H9N3O3S2/c1-17(14,15)12-6-5-3-2-4-11-9(5)16-7(6)8(10)13/h2-4,12H,1H3,(H2,10,13). The van der Waals surface area contributed by atoms with E-state index in [2.05, 4.69) is 9.71 Å². The van der Waals surface area contributed by atoms with Crippen molar-refractivity contribution in [3.05, 3.63) is 23.2 Å². The molecule has 0 bridgehead atoms. The Morgan fingerprint density at radius 3 is 2.82 bits per heavy atom. The Bertz CT molecular complexity index is 691. The van der Waals surface area contributed by atoms with E-state index in [1.807, 2.05) is 0 Å². The number of primary amides is 1. The molecule has 0 aliphatic rings. The fourth-order valence-electron chi connectivity index (χ4n) is 1.39. The molecule has 90 valence electrons. The lowest BCUT2D eigenvalue weighted by molar-refractivity contribution is 0.100. The zero-order chi connectivity index (χ0) is 12.6. The van der Waals surface area contributed by atoms with Crippen molar-refractivity contribution in [2.45, 2.75) is 0 Å². The number of hydrogen-bond acceptors (Lipinski definition) is 5. The number of pyridine rings is 1. The number of nitrogens with one attached hydrogen (secondary N) is 1. The van der Waals surface area contributed by atoms with Crippen LogP contribution < -0.4 is 10.5 Å². The molecule has 0 radical (unpaired) electrons. The van der Waals surface area contributed by atoms with Crippen LogP contribution in [-0.2, 0) is 10.0 Å². The predicted molar refractivity (Wildman–Crippen MR) is 66.6 cm³/mol. The Balaban J connectivity index is 2.72. The van der Waals surface area contributed by atoms with Crippen molar-refractivity contribution in [2.24, 2.45) is 5.73 Å². The quantitative estimate of drug-likeness (QED) is 0.860. The van der Waals surface area contributed by atoms with Gasteiger partial charge in [-0.1, -0.05) is 0 Å². The predicted octanol–water partition coefficient (Wildman–Crippen LogP) is 0.767. The zero-order valence-electron chi connectivity index (χ0n) is 8.80. The first kappa shape index (κ1) is 11.8. The van der Waals surface area contributed by atoms with Crippen LogP contribution in [-0.4, -0.2) is 25.6 Å². The Morgan fingerprint density at radius 1 is 1.53 bits per heavy atom. The summed E-state index contributed by atoms with van der Waals surface area (Å²) in [6.45, 7) is 0. The highest BCUT2D eigenvalue weighted by atomic mass is 32.2. The normalized spacial score (nSPS) is 11.6. The largest absolute Gasteiger partial charge is 0.365 e. The van der Waals surface area contributed by atoms with E-state index in [1.54, 1.807) is 18.3 Å². The maximum Gasteiger partial charge on any atom is 0.261 e. The molecule has 0 aromatic carbocycles. The van der Waals surface area contributed by atoms with Gasteiger partial charge in [-0.15, -0.1) is 11.3 Å². The lowest BCUT2D eigenvalue weighted by Crippen LogP contribution is -2.15. The molecule has 3 N–H and O–H groups in total. The molecule has 0 aliphatic carbocycles. The number of fused-ring (bicyclic) bond motifs is 1. The van der Waals surface area contributed by atoms with Gasteiger partial charge in [0.2, 0.25) is 10.0 Å². The Kier molecular flexibility index (Phi) is 2.76. The minimum absolute atomic E-state index is 0.157. The molecular formula is C9H9N3O3S2. The van der Waals surface area contributed by atoms with Crippen molar-refractivity contribution in [3.63, 3.8) is 0 Å². The van der Waals surface area contributed by atoms with Crippen LogP contribution in [0.2, 0.25) is 0 Å². The SMILES string of the molecule is CS(=O)(=O)Nc1c(C(N)=O)sc2ncccc12. The zero-order valence-corrected chi connectivity index (χ0v) is 10.4. The first-order valence-corrected chi connectivity index (χ1v) is 7.24. The number of thiophene rings is 1. The van der Waals surface area contributed by atoms with E-state index in [9.17, 15) is 13.2 Å². The number of carbonyl (C=O) groups excluding carboxylic acids is 1. The molecule has 0 atom stereocenters. The highest BCUT2D eigenvalue weighted by molar-refractivity contribution is 7.92. The first-order valence-electron chi connectivity index (χ1n) is 4.53. The van der Waals surface area contributed by atoms with Crippen molar-refractivity contribution in [1.82, 2.24) is 4.98 Å². The van der Waals surface area contributed by atoms with Gasteiger partial charge in [0.15, 0.2) is 0 Å². The molecule has 2 rings (SSSR count). The molecule has 17 heavy (non-hydrogen) atoms. The molecule has 0 aliphatic heterocycles. The third-order valence-electron chi connectivity index (χ3n) is 1.98. The highest BCUT2D eigenvalue weighted by Gasteiger charge is 2.19. The van der Waals surface area contributed by atoms with Gasteiger partial charge >= 0.3 is 0 Å². The minimum atomic E-state index is -3.47. The first-order chi connectivity index (χ1) is 7.88. The van der Waals surface area contributed by atoms with Crippen molar-refractivity contribution in [3.8, 4) is 0 Å². The molecule has 1 amide bonds. The minimum Gasteiger partial charge on any atom is -0.365 e. The number of aromatic nitrogens is 1. The maximum absolute atomic E-state index is 11.2. The fourth-order valence-corrected chi connectivity index (χ4v) is 2.99. The topological polar surface area (TPSA) is 102 Å². The lowest BCUT2D eigenvalue weighted by atomic mass is 10.2. The molecule has 0 spiro atoms. The van der Waals surface area contributed by atoms with Gasteiger partial charge in [-0.25, -0.2) is 13.4 Å². The van der Waals surface area contributed by atoms with Gasteiger partial charge in [0.25, 0.3) is 5.91 Å². The number of nitrogens with two attached hydrogens (primary N) is 1. The molecule has 2 aromatic heterocycles. The van der Waals surface area contributed by atoms with Crippen LogP contribution in [0.4, 0.5) is 5.69 Å². The summed E-state index contributed by atoms with van der Waals surface area (Å²) in [5.41, 5.74) is 5.41. The summed E-state index contributed by atoms with van der Waals surface area (Å²) in [5, 5.41) is 0.566. The molecule has 6 nitrogen and oxygen atoms in total. The van der Waals surface area contributed by atoms with E-state index in [-0.39, 0.29) is 10.6 Å². The van der Waals surface area contributed by atoms with Crippen molar-refractivity contribution >= 4 is 43.2 Å². The molecule has 2 aromatic rings. The molecule has 0 unspecified atom stereocenters. The molecule has 0 fully saturated rings. The number of sulfonamides is 1. The van der Waals surface area contributed by atoms with Gasteiger partial charge in [0.05, 0.1) is 11.9 Å². The van der Waals surface area contributed by atoms with Crippen LogP contribution in [0.5, 0.6) is 0 Å². The highest BCUT2D eigenvalue weighted by Crippen LogP contribution is 2.34. The van der Waals surface area contributed by atoms with E-state index in [1.165, 1.54) is 0 Å². The smallest absolute Gasteiger partial charge is 0.261 e. The van der Waals surface area contributed by atoms with Crippen LogP contribution in [0, 0.1) is 0 Å². The third-order valence-corrected chi connectivity index (χ3v) is 3.68. The average molecular weight is 271 g/mol. The third kappa shape index (κ3) is 2.37. The summed E-state index contributed by atoms with van der Waals surface area (Å²) in [5.74, 6) is -0.681. The van der Waals surface area contributed by atoms with Crippen molar-refractivity contribution < 1.29 is 13.2 Å². The van der Waals surface area contributed by atoms with Crippen LogP contribution in [0.1, 0.15) is 9.67 Å². The van der Waals surface area contributed by atoms with E-state index in [4.69, 9.17) is 5.73 Å². The van der Waals surface area contributed by atoms with E-state index >= 15 is 0 Å². The second-order valence-corrected chi connectivity index (χ2v) is 6.15.